The van der Waals surface area contributed by atoms with E-state index in [2.05, 4.69) is 15.5 Å². The van der Waals surface area contributed by atoms with Crippen LogP contribution in [0.4, 0.5) is 0 Å². The maximum absolute atomic E-state index is 12.1. The van der Waals surface area contributed by atoms with E-state index >= 15 is 0 Å². The molecule has 1 rings (SSSR count). The number of nitrogens with two attached hydrogens (primary N) is 1. The van der Waals surface area contributed by atoms with Gasteiger partial charge in [0.05, 0.1) is 0 Å². The lowest BCUT2D eigenvalue weighted by atomic mass is 10.0. The molecular weight excluding hydrogens is 260 g/mol. The molecule has 1 heterocycles. The first-order valence-electron chi connectivity index (χ1n) is 6.93. The lowest BCUT2D eigenvalue weighted by Crippen LogP contribution is -2.51. The average molecular weight is 284 g/mol. The molecule has 0 aromatic heterocycles. The summed E-state index contributed by atoms with van der Waals surface area (Å²) in [5.41, 5.74) is 5.08. The van der Waals surface area contributed by atoms with E-state index in [1.807, 2.05) is 7.05 Å². The molecule has 0 radical (unpaired) electrons. The Labute approximate surface area is 119 Å². The first-order valence-corrected chi connectivity index (χ1v) is 6.93. The van der Waals surface area contributed by atoms with Gasteiger partial charge >= 0.3 is 0 Å². The summed E-state index contributed by atoms with van der Waals surface area (Å²) in [7, 11) is 2.05. The van der Waals surface area contributed by atoms with Crippen LogP contribution in [0.1, 0.15) is 32.6 Å². The highest BCUT2D eigenvalue weighted by Crippen LogP contribution is 2.09. The van der Waals surface area contributed by atoms with Gasteiger partial charge in [-0.25, -0.2) is 0 Å². The van der Waals surface area contributed by atoms with Crippen LogP contribution in [0, 0.1) is 0 Å². The van der Waals surface area contributed by atoms with Crippen molar-refractivity contribution in [1.29, 1.82) is 0 Å². The molecule has 114 valence electrons. The Balaban J connectivity index is 2.49. The van der Waals surface area contributed by atoms with Gasteiger partial charge in [0.2, 0.25) is 17.7 Å². The third kappa shape index (κ3) is 6.01. The van der Waals surface area contributed by atoms with Gasteiger partial charge in [0.25, 0.3) is 0 Å². The molecule has 7 heteroatoms. The van der Waals surface area contributed by atoms with Gasteiger partial charge in [-0.3, -0.25) is 14.4 Å². The maximum atomic E-state index is 12.1. The summed E-state index contributed by atoms with van der Waals surface area (Å²) in [6.07, 6.45) is 2.09. The minimum atomic E-state index is -0.695. The van der Waals surface area contributed by atoms with Crippen molar-refractivity contribution in [2.75, 3.05) is 20.1 Å². The molecule has 1 unspecified atom stereocenters. The predicted octanol–water partition coefficient (Wildman–Crippen LogP) is -1.03. The lowest BCUT2D eigenvalue weighted by Gasteiger charge is -2.30. The molecule has 1 aliphatic heterocycles. The van der Waals surface area contributed by atoms with Crippen molar-refractivity contribution in [2.45, 2.75) is 44.7 Å². The van der Waals surface area contributed by atoms with Crippen LogP contribution in [0.5, 0.6) is 0 Å². The predicted molar refractivity (Wildman–Crippen MR) is 74.7 cm³/mol. The minimum Gasteiger partial charge on any atom is -0.370 e. The third-order valence-electron chi connectivity index (χ3n) is 3.44. The number of carbonyl (C=O) groups excluding carboxylic acids is 3. The van der Waals surface area contributed by atoms with Crippen molar-refractivity contribution >= 4 is 17.7 Å². The Hall–Kier alpha value is -1.63. The average Bonchev–Trinajstić information content (AvgIpc) is 2.36. The second-order valence-corrected chi connectivity index (χ2v) is 5.34. The van der Waals surface area contributed by atoms with Crippen LogP contribution in [-0.4, -0.2) is 54.8 Å². The number of hydrogen-bond acceptors (Lipinski definition) is 4. The summed E-state index contributed by atoms with van der Waals surface area (Å²) >= 11 is 0. The van der Waals surface area contributed by atoms with Crippen LogP contribution < -0.4 is 16.4 Å². The van der Waals surface area contributed by atoms with Crippen molar-refractivity contribution in [2.24, 2.45) is 5.73 Å². The van der Waals surface area contributed by atoms with Crippen molar-refractivity contribution in [3.63, 3.8) is 0 Å². The van der Waals surface area contributed by atoms with Gasteiger partial charge in [-0.05, 0) is 39.4 Å². The van der Waals surface area contributed by atoms with E-state index in [-0.39, 0.29) is 30.7 Å². The topological polar surface area (TPSA) is 105 Å². The molecule has 0 aromatic carbocycles. The van der Waals surface area contributed by atoms with E-state index < -0.39 is 11.9 Å². The van der Waals surface area contributed by atoms with Gasteiger partial charge in [0.15, 0.2) is 0 Å². The molecule has 3 amide bonds. The minimum absolute atomic E-state index is 0.0752. The van der Waals surface area contributed by atoms with E-state index in [9.17, 15) is 14.4 Å². The van der Waals surface area contributed by atoms with E-state index in [0.29, 0.717) is 0 Å². The zero-order valence-corrected chi connectivity index (χ0v) is 12.1. The van der Waals surface area contributed by atoms with Crippen molar-refractivity contribution in [3.8, 4) is 0 Å². The van der Waals surface area contributed by atoms with Gasteiger partial charge in [0, 0.05) is 19.4 Å². The fourth-order valence-corrected chi connectivity index (χ4v) is 2.26. The Morgan fingerprint density at radius 1 is 1.30 bits per heavy atom. The molecule has 20 heavy (non-hydrogen) atoms. The van der Waals surface area contributed by atoms with Crippen LogP contribution in [-0.2, 0) is 14.4 Å². The number of primary amides is 1. The van der Waals surface area contributed by atoms with Crippen molar-refractivity contribution in [1.82, 2.24) is 15.5 Å². The summed E-state index contributed by atoms with van der Waals surface area (Å²) in [5, 5.41) is 5.50. The number of likely N-dealkylation sites (tertiary alicyclic amines) is 1. The van der Waals surface area contributed by atoms with Crippen molar-refractivity contribution in [3.05, 3.63) is 0 Å². The number of nitrogens with zero attached hydrogens (tertiary/aromatic N) is 1. The van der Waals surface area contributed by atoms with Crippen LogP contribution in [0.25, 0.3) is 0 Å². The molecule has 0 aromatic rings. The van der Waals surface area contributed by atoms with E-state index in [1.54, 1.807) is 0 Å². The van der Waals surface area contributed by atoms with Gasteiger partial charge < -0.3 is 21.3 Å². The summed E-state index contributed by atoms with van der Waals surface area (Å²) in [6.45, 7) is 3.23. The SMILES string of the molecule is CC(=O)NC(CCC(N)=O)C(=O)NC1CCN(C)CC1. The van der Waals surface area contributed by atoms with E-state index in [1.165, 1.54) is 6.92 Å². The number of carbonyl (C=O) groups is 3. The van der Waals surface area contributed by atoms with Crippen LogP contribution in [0.3, 0.4) is 0 Å². The zero-order valence-electron chi connectivity index (χ0n) is 12.1. The van der Waals surface area contributed by atoms with Crippen LogP contribution >= 0.6 is 0 Å². The molecule has 0 saturated carbocycles. The Morgan fingerprint density at radius 2 is 1.90 bits per heavy atom. The summed E-state index contributed by atoms with van der Waals surface area (Å²) in [6, 6.07) is -0.566. The Bertz CT molecular complexity index is 365. The number of hydrogen-bond donors (Lipinski definition) is 3. The first kappa shape index (κ1) is 16.4. The molecule has 7 nitrogen and oxygen atoms in total. The normalized spacial score (nSPS) is 18.3. The lowest BCUT2D eigenvalue weighted by molar-refractivity contribution is -0.129. The standard InChI is InChI=1S/C13H24N4O3/c1-9(18)15-11(3-4-12(14)19)13(20)16-10-5-7-17(2)8-6-10/h10-11H,3-8H2,1-2H3,(H2,14,19)(H,15,18)(H,16,20). The molecular formula is C13H24N4O3. The Morgan fingerprint density at radius 3 is 2.40 bits per heavy atom. The second-order valence-electron chi connectivity index (χ2n) is 5.34. The highest BCUT2D eigenvalue weighted by Gasteiger charge is 2.24. The van der Waals surface area contributed by atoms with E-state index in [0.717, 1.165) is 25.9 Å². The number of rotatable bonds is 6. The zero-order chi connectivity index (χ0) is 15.1. The Kier molecular flexibility index (Phi) is 6.44. The highest BCUT2D eigenvalue weighted by molar-refractivity contribution is 5.87. The summed E-state index contributed by atoms with van der Waals surface area (Å²) in [5.74, 6) is -1.01. The molecule has 1 aliphatic rings. The largest absolute Gasteiger partial charge is 0.370 e. The molecule has 0 bridgehead atoms. The quantitative estimate of drug-likeness (QED) is 0.580. The van der Waals surface area contributed by atoms with Gasteiger partial charge in [-0.1, -0.05) is 0 Å². The third-order valence-corrected chi connectivity index (χ3v) is 3.44. The summed E-state index contributed by atoms with van der Waals surface area (Å²) < 4.78 is 0. The summed E-state index contributed by atoms with van der Waals surface area (Å²) in [4.78, 5) is 36.3. The maximum Gasteiger partial charge on any atom is 0.242 e. The molecule has 4 N–H and O–H groups in total. The molecule has 1 atom stereocenters. The molecule has 1 saturated heterocycles. The number of amides is 3. The highest BCUT2D eigenvalue weighted by atomic mass is 16.2. The molecule has 1 fully saturated rings. The van der Waals surface area contributed by atoms with Crippen molar-refractivity contribution < 1.29 is 14.4 Å². The van der Waals surface area contributed by atoms with Gasteiger partial charge in [0.1, 0.15) is 6.04 Å². The van der Waals surface area contributed by atoms with Gasteiger partial charge in [-0.15, -0.1) is 0 Å². The fourth-order valence-electron chi connectivity index (χ4n) is 2.26. The monoisotopic (exact) mass is 284 g/mol. The molecule has 0 spiro atoms. The van der Waals surface area contributed by atoms with Gasteiger partial charge in [-0.2, -0.15) is 0 Å². The first-order chi connectivity index (χ1) is 9.38. The smallest absolute Gasteiger partial charge is 0.242 e. The van der Waals surface area contributed by atoms with Crippen LogP contribution in [0.15, 0.2) is 0 Å². The second kappa shape index (κ2) is 7.84. The van der Waals surface area contributed by atoms with E-state index in [4.69, 9.17) is 5.73 Å². The fraction of sp³-hybridized carbons (Fsp3) is 0.769. The number of piperidine rings is 1. The molecule has 0 aliphatic carbocycles. The van der Waals surface area contributed by atoms with Crippen LogP contribution in [0.2, 0.25) is 0 Å². The number of nitrogens with one attached hydrogen (secondary N) is 2.